The summed E-state index contributed by atoms with van der Waals surface area (Å²) in [5.41, 5.74) is -0.494. The first-order chi connectivity index (χ1) is 15.4. The summed E-state index contributed by atoms with van der Waals surface area (Å²) < 4.78 is 1.37. The van der Waals surface area contributed by atoms with Crippen molar-refractivity contribution in [2.45, 2.75) is 122 Å². The maximum atomic E-state index is 12.0. The zero-order valence-electron chi connectivity index (χ0n) is 20.9. The number of hydrogen-bond donors (Lipinski definition) is 0. The van der Waals surface area contributed by atoms with Crippen LogP contribution in [0.5, 0.6) is 0 Å². The van der Waals surface area contributed by atoms with E-state index in [-0.39, 0.29) is 0 Å². The van der Waals surface area contributed by atoms with Crippen molar-refractivity contribution in [3.8, 4) is 0 Å². The molecule has 4 heteroatoms. The van der Waals surface area contributed by atoms with Crippen LogP contribution in [0.2, 0.25) is 4.82 Å². The first kappa shape index (κ1) is 28.9. The Bertz CT molecular complexity index is 607. The van der Waals surface area contributed by atoms with Gasteiger partial charge in [-0.3, -0.25) is 0 Å². The Balaban J connectivity index is 2.28. The molecular weight excluding hydrogens is 463 g/mol. The summed E-state index contributed by atoms with van der Waals surface area (Å²) in [5, 5.41) is 0. The average Bonchev–Trinajstić information content (AvgIpc) is 2.76. The number of hydrogen-bond acceptors (Lipinski definition) is 3. The molecule has 182 valence electrons. The topological polar surface area (TPSA) is 35.5 Å². The molecule has 0 unspecified atom stereocenters. The van der Waals surface area contributed by atoms with Crippen molar-refractivity contribution in [2.24, 2.45) is 0 Å². The van der Waals surface area contributed by atoms with Gasteiger partial charge in [-0.1, -0.05) is 19.8 Å². The number of carbonyl (C=O) groups excluding carboxylic acids is 1. The molecule has 0 heterocycles. The number of rotatable bonds is 18. The van der Waals surface area contributed by atoms with Gasteiger partial charge >= 0.3 is 184 Å². The SMILES string of the molecule is CCCCCCCCCCCCCC[C@@H](/C=C/C(=O)OOC(C)(C)C)[Se]c1ccccc1. The molecule has 0 saturated carbocycles. The van der Waals surface area contributed by atoms with Crippen LogP contribution >= 0.6 is 0 Å². The van der Waals surface area contributed by atoms with Crippen molar-refractivity contribution in [3.63, 3.8) is 0 Å². The molecule has 0 radical (unpaired) electrons. The molecule has 0 amide bonds. The van der Waals surface area contributed by atoms with Crippen molar-refractivity contribution < 1.29 is 14.6 Å². The van der Waals surface area contributed by atoms with Gasteiger partial charge in [-0.15, -0.1) is 0 Å². The van der Waals surface area contributed by atoms with E-state index in [1.54, 1.807) is 6.08 Å². The van der Waals surface area contributed by atoms with Crippen LogP contribution in [0.25, 0.3) is 0 Å². The molecule has 0 aliphatic rings. The Labute approximate surface area is 203 Å². The summed E-state index contributed by atoms with van der Waals surface area (Å²) in [6, 6.07) is 10.6. The Hall–Kier alpha value is -1.09. The van der Waals surface area contributed by atoms with E-state index in [0.29, 0.717) is 19.8 Å². The molecule has 1 atom stereocenters. The van der Waals surface area contributed by atoms with Crippen molar-refractivity contribution in [1.29, 1.82) is 0 Å². The van der Waals surface area contributed by atoms with E-state index in [9.17, 15) is 4.79 Å². The summed E-state index contributed by atoms with van der Waals surface area (Å²) in [4.78, 5) is 22.4. The molecule has 0 spiro atoms. The van der Waals surface area contributed by atoms with Crippen molar-refractivity contribution in [1.82, 2.24) is 0 Å². The van der Waals surface area contributed by atoms with Crippen molar-refractivity contribution in [3.05, 3.63) is 42.5 Å². The Morgan fingerprint density at radius 3 is 1.94 bits per heavy atom. The van der Waals surface area contributed by atoms with Gasteiger partial charge in [0.2, 0.25) is 0 Å². The van der Waals surface area contributed by atoms with Crippen LogP contribution in [0, 0.1) is 0 Å². The second-order valence-electron chi connectivity index (χ2n) is 9.60. The van der Waals surface area contributed by atoms with E-state index < -0.39 is 11.6 Å². The van der Waals surface area contributed by atoms with Gasteiger partial charge in [0.15, 0.2) is 0 Å². The first-order valence-corrected chi connectivity index (χ1v) is 14.5. The molecule has 0 N–H and O–H groups in total. The van der Waals surface area contributed by atoms with E-state index in [4.69, 9.17) is 9.78 Å². The standard InChI is InChI=1S/C28H46O3Se/c1-5-6-7-8-9-10-11-12-13-14-15-17-22-26(32-25-20-18-16-19-21-25)23-24-27(29)30-31-28(2,3)4/h16,18-21,23-24,26H,5-15,17,22H2,1-4H3/b24-23+/t26-/m0/s1. The fraction of sp³-hybridized carbons (Fsp3) is 0.679. The van der Waals surface area contributed by atoms with E-state index in [2.05, 4.69) is 37.3 Å². The fourth-order valence-corrected chi connectivity index (χ4v) is 5.75. The molecule has 0 aliphatic heterocycles. The third kappa shape index (κ3) is 17.5. The van der Waals surface area contributed by atoms with Gasteiger partial charge in [0.25, 0.3) is 0 Å². The van der Waals surface area contributed by atoms with Gasteiger partial charge in [0, 0.05) is 0 Å². The van der Waals surface area contributed by atoms with Crippen LogP contribution in [-0.2, 0) is 14.6 Å². The van der Waals surface area contributed by atoms with E-state index in [1.807, 2.05) is 26.8 Å². The second-order valence-corrected chi connectivity index (χ2v) is 12.4. The molecule has 0 bridgehead atoms. The summed E-state index contributed by atoms with van der Waals surface area (Å²) in [6.07, 6.45) is 21.0. The minimum absolute atomic E-state index is 0.306. The molecule has 1 rings (SSSR count). The number of allylic oxidation sites excluding steroid dienone is 1. The molecule has 0 aromatic heterocycles. The van der Waals surface area contributed by atoms with Gasteiger partial charge in [0.1, 0.15) is 0 Å². The molecule has 0 fully saturated rings. The summed E-state index contributed by atoms with van der Waals surface area (Å²) in [5.74, 6) is -0.427. The van der Waals surface area contributed by atoms with Crippen molar-refractivity contribution >= 4 is 25.4 Å². The van der Waals surface area contributed by atoms with Gasteiger partial charge in [-0.05, 0) is 0 Å². The Morgan fingerprint density at radius 1 is 0.875 bits per heavy atom. The summed E-state index contributed by atoms with van der Waals surface area (Å²) >= 11 is 0.306. The molecule has 0 aliphatic carbocycles. The number of benzene rings is 1. The predicted molar refractivity (Wildman–Crippen MR) is 137 cm³/mol. The van der Waals surface area contributed by atoms with E-state index >= 15 is 0 Å². The van der Waals surface area contributed by atoms with Crippen molar-refractivity contribution in [2.75, 3.05) is 0 Å². The van der Waals surface area contributed by atoms with Gasteiger partial charge in [-0.2, -0.15) is 0 Å². The summed E-state index contributed by atoms with van der Waals surface area (Å²) in [6.45, 7) is 7.86. The van der Waals surface area contributed by atoms with Crippen LogP contribution < -0.4 is 4.46 Å². The van der Waals surface area contributed by atoms with Gasteiger partial charge in [-0.25, -0.2) is 0 Å². The fourth-order valence-electron chi connectivity index (χ4n) is 3.43. The number of carbonyl (C=O) groups is 1. The molecule has 1 aromatic rings. The third-order valence-electron chi connectivity index (χ3n) is 5.19. The van der Waals surface area contributed by atoms with Crippen LogP contribution in [0.15, 0.2) is 42.5 Å². The van der Waals surface area contributed by atoms with Crippen LogP contribution in [0.3, 0.4) is 0 Å². The average molecular weight is 510 g/mol. The Kier molecular flexibility index (Phi) is 16.6. The quantitative estimate of drug-likeness (QED) is 0.0668. The van der Waals surface area contributed by atoms with Crippen LogP contribution in [0.1, 0.15) is 111 Å². The number of unbranched alkanes of at least 4 members (excludes halogenated alkanes) is 11. The van der Waals surface area contributed by atoms with Gasteiger partial charge in [0.05, 0.1) is 0 Å². The normalized spacial score (nSPS) is 12.9. The minimum atomic E-state index is -0.494. The predicted octanol–water partition coefficient (Wildman–Crippen LogP) is 7.73. The monoisotopic (exact) mass is 510 g/mol. The molecule has 1 aromatic carbocycles. The van der Waals surface area contributed by atoms with Crippen LogP contribution in [-0.4, -0.2) is 26.5 Å². The molecular formula is C28H46O3Se. The Morgan fingerprint density at radius 2 is 1.41 bits per heavy atom. The zero-order chi connectivity index (χ0) is 23.5. The molecule has 3 nitrogen and oxygen atoms in total. The molecule has 32 heavy (non-hydrogen) atoms. The summed E-state index contributed by atoms with van der Waals surface area (Å²) in [7, 11) is 0. The first-order valence-electron chi connectivity index (χ1n) is 12.7. The van der Waals surface area contributed by atoms with E-state index in [0.717, 1.165) is 6.42 Å². The van der Waals surface area contributed by atoms with E-state index in [1.165, 1.54) is 81.5 Å². The zero-order valence-corrected chi connectivity index (χ0v) is 22.7. The third-order valence-corrected chi connectivity index (χ3v) is 7.80. The molecule has 0 saturated heterocycles. The van der Waals surface area contributed by atoms with Crippen LogP contribution in [0.4, 0.5) is 0 Å². The maximum absolute atomic E-state index is 12.0. The second kappa shape index (κ2) is 18.3. The van der Waals surface area contributed by atoms with Gasteiger partial charge < -0.3 is 0 Å².